The number of halogens is 2. The number of anilines is 1. The Hall–Kier alpha value is -1.29. The lowest BCUT2D eigenvalue weighted by molar-refractivity contribution is 0.891. The van der Waals surface area contributed by atoms with Gasteiger partial charge in [0.2, 0.25) is 0 Å². The monoisotopic (exact) mass is 322 g/mol. The van der Waals surface area contributed by atoms with Crippen molar-refractivity contribution < 1.29 is 0 Å². The van der Waals surface area contributed by atoms with Crippen LogP contribution in [0.4, 0.5) is 5.69 Å². The first kappa shape index (κ1) is 13.7. The van der Waals surface area contributed by atoms with Gasteiger partial charge in [-0.25, -0.2) is 0 Å². The molecule has 3 rings (SSSR count). The zero-order valence-electron chi connectivity index (χ0n) is 10.7. The molecule has 0 aliphatic heterocycles. The summed E-state index contributed by atoms with van der Waals surface area (Å²) >= 11 is 13.6. The molecular weight excluding hydrogens is 311 g/mol. The van der Waals surface area contributed by atoms with Gasteiger partial charge in [0, 0.05) is 22.8 Å². The van der Waals surface area contributed by atoms with E-state index < -0.39 is 0 Å². The van der Waals surface area contributed by atoms with Crippen molar-refractivity contribution in [3.63, 3.8) is 0 Å². The molecule has 0 radical (unpaired) electrons. The summed E-state index contributed by atoms with van der Waals surface area (Å²) in [4.78, 5) is 4.31. The van der Waals surface area contributed by atoms with Crippen molar-refractivity contribution >= 4 is 51.1 Å². The SMILES string of the molecule is CC(Nc1ccc2ncccc2c1)c1cc(Cl)sc1Cl. The van der Waals surface area contributed by atoms with E-state index >= 15 is 0 Å². The Balaban J connectivity index is 1.87. The van der Waals surface area contributed by atoms with Crippen LogP contribution >= 0.6 is 34.5 Å². The van der Waals surface area contributed by atoms with Crippen LogP contribution in [0.1, 0.15) is 18.5 Å². The van der Waals surface area contributed by atoms with E-state index in [9.17, 15) is 0 Å². The smallest absolute Gasteiger partial charge is 0.0996 e. The lowest BCUT2D eigenvalue weighted by Crippen LogP contribution is -2.05. The number of hydrogen-bond acceptors (Lipinski definition) is 3. The lowest BCUT2D eigenvalue weighted by Gasteiger charge is -2.15. The van der Waals surface area contributed by atoms with Crippen molar-refractivity contribution in [2.75, 3.05) is 5.32 Å². The predicted octanol–water partition coefficient (Wildman–Crippen LogP) is 5.78. The number of nitrogens with one attached hydrogen (secondary N) is 1. The third-order valence-corrected chi connectivity index (χ3v) is 4.65. The van der Waals surface area contributed by atoms with Crippen molar-refractivity contribution in [1.29, 1.82) is 0 Å². The lowest BCUT2D eigenvalue weighted by atomic mass is 10.1. The van der Waals surface area contributed by atoms with Gasteiger partial charge in [-0.3, -0.25) is 4.98 Å². The molecule has 0 bridgehead atoms. The van der Waals surface area contributed by atoms with E-state index in [1.165, 1.54) is 11.3 Å². The molecule has 5 heteroatoms. The number of nitrogens with zero attached hydrogens (tertiary/aromatic N) is 1. The molecule has 0 amide bonds. The number of hydrogen-bond donors (Lipinski definition) is 1. The minimum atomic E-state index is 0.0976. The average Bonchev–Trinajstić information content (AvgIpc) is 2.78. The molecule has 0 aliphatic rings. The molecule has 1 unspecified atom stereocenters. The van der Waals surface area contributed by atoms with Crippen LogP contribution in [0.25, 0.3) is 10.9 Å². The first-order chi connectivity index (χ1) is 9.63. The van der Waals surface area contributed by atoms with E-state index in [0.717, 1.165) is 26.5 Å². The maximum atomic E-state index is 6.19. The molecule has 1 aromatic carbocycles. The first-order valence-electron chi connectivity index (χ1n) is 6.19. The standard InChI is InChI=1S/C15H12Cl2N2S/c1-9(12-8-14(16)20-15(12)17)19-11-4-5-13-10(7-11)3-2-6-18-13/h2-9,19H,1H3. The summed E-state index contributed by atoms with van der Waals surface area (Å²) < 4.78 is 1.44. The van der Waals surface area contributed by atoms with Gasteiger partial charge in [-0.1, -0.05) is 29.3 Å². The van der Waals surface area contributed by atoms with Crippen LogP contribution in [0.5, 0.6) is 0 Å². The van der Waals surface area contributed by atoms with Gasteiger partial charge < -0.3 is 5.32 Å². The van der Waals surface area contributed by atoms with Gasteiger partial charge in [-0.05, 0) is 37.3 Å². The Labute approximate surface area is 131 Å². The van der Waals surface area contributed by atoms with Crippen LogP contribution in [-0.4, -0.2) is 4.98 Å². The van der Waals surface area contributed by atoms with Crippen molar-refractivity contribution in [3.05, 3.63) is 56.8 Å². The van der Waals surface area contributed by atoms with Crippen LogP contribution in [0.2, 0.25) is 8.67 Å². The van der Waals surface area contributed by atoms with Gasteiger partial charge in [-0.2, -0.15) is 0 Å². The van der Waals surface area contributed by atoms with E-state index in [0.29, 0.717) is 4.34 Å². The summed E-state index contributed by atoms with van der Waals surface area (Å²) in [6.45, 7) is 2.07. The van der Waals surface area contributed by atoms with Crippen LogP contribution in [0, 0.1) is 0 Å². The molecule has 3 aromatic rings. The van der Waals surface area contributed by atoms with E-state index in [1.807, 2.05) is 30.3 Å². The molecule has 0 saturated heterocycles. The maximum absolute atomic E-state index is 6.19. The summed E-state index contributed by atoms with van der Waals surface area (Å²) in [6.07, 6.45) is 1.80. The minimum Gasteiger partial charge on any atom is -0.378 e. The van der Waals surface area contributed by atoms with Crippen molar-refractivity contribution in [1.82, 2.24) is 4.98 Å². The first-order valence-corrected chi connectivity index (χ1v) is 7.77. The molecule has 0 spiro atoms. The van der Waals surface area contributed by atoms with Crippen LogP contribution in [-0.2, 0) is 0 Å². The molecule has 2 nitrogen and oxygen atoms in total. The highest BCUT2D eigenvalue weighted by molar-refractivity contribution is 7.20. The highest BCUT2D eigenvalue weighted by Crippen LogP contribution is 2.36. The summed E-state index contributed by atoms with van der Waals surface area (Å²) in [5, 5.41) is 4.55. The molecule has 1 N–H and O–H groups in total. The van der Waals surface area contributed by atoms with Crippen LogP contribution in [0.15, 0.2) is 42.6 Å². The predicted molar refractivity (Wildman–Crippen MR) is 88.1 cm³/mol. The number of aromatic nitrogens is 1. The average molecular weight is 323 g/mol. The molecule has 1 atom stereocenters. The number of rotatable bonds is 3. The van der Waals surface area contributed by atoms with Crippen molar-refractivity contribution in [3.8, 4) is 0 Å². The number of pyridine rings is 1. The number of fused-ring (bicyclic) bond motifs is 1. The second-order valence-electron chi connectivity index (χ2n) is 4.56. The molecule has 20 heavy (non-hydrogen) atoms. The Morgan fingerprint density at radius 3 is 2.80 bits per heavy atom. The Morgan fingerprint density at radius 2 is 2.05 bits per heavy atom. The van der Waals surface area contributed by atoms with Crippen LogP contribution in [0.3, 0.4) is 0 Å². The van der Waals surface area contributed by atoms with Gasteiger partial charge >= 0.3 is 0 Å². The Bertz CT molecular complexity index is 754. The van der Waals surface area contributed by atoms with Gasteiger partial charge in [0.15, 0.2) is 0 Å². The van der Waals surface area contributed by atoms with E-state index in [-0.39, 0.29) is 6.04 Å². The summed E-state index contributed by atoms with van der Waals surface area (Å²) in [5.41, 5.74) is 3.05. The van der Waals surface area contributed by atoms with Crippen molar-refractivity contribution in [2.24, 2.45) is 0 Å². The number of benzene rings is 1. The highest BCUT2D eigenvalue weighted by Gasteiger charge is 2.13. The second kappa shape index (κ2) is 5.60. The fourth-order valence-corrected chi connectivity index (χ4v) is 3.79. The maximum Gasteiger partial charge on any atom is 0.0996 e. The highest BCUT2D eigenvalue weighted by atomic mass is 35.5. The van der Waals surface area contributed by atoms with E-state index in [2.05, 4.69) is 23.3 Å². The largest absolute Gasteiger partial charge is 0.378 e. The molecule has 0 aliphatic carbocycles. The third-order valence-electron chi connectivity index (χ3n) is 3.14. The van der Waals surface area contributed by atoms with Gasteiger partial charge in [0.1, 0.15) is 0 Å². The van der Waals surface area contributed by atoms with Gasteiger partial charge in [-0.15, -0.1) is 11.3 Å². The van der Waals surface area contributed by atoms with Crippen LogP contribution < -0.4 is 5.32 Å². The van der Waals surface area contributed by atoms with E-state index in [4.69, 9.17) is 23.2 Å². The van der Waals surface area contributed by atoms with Gasteiger partial charge in [0.05, 0.1) is 20.2 Å². The number of thiophene rings is 1. The van der Waals surface area contributed by atoms with Gasteiger partial charge in [0.25, 0.3) is 0 Å². The zero-order chi connectivity index (χ0) is 14.1. The topological polar surface area (TPSA) is 24.9 Å². The Morgan fingerprint density at radius 1 is 1.20 bits per heavy atom. The molecule has 0 fully saturated rings. The van der Waals surface area contributed by atoms with E-state index in [1.54, 1.807) is 6.20 Å². The molecule has 2 heterocycles. The molecule has 102 valence electrons. The quantitative estimate of drug-likeness (QED) is 0.661. The third kappa shape index (κ3) is 2.75. The summed E-state index contributed by atoms with van der Waals surface area (Å²) in [7, 11) is 0. The minimum absolute atomic E-state index is 0.0976. The second-order valence-corrected chi connectivity index (χ2v) is 6.84. The zero-order valence-corrected chi connectivity index (χ0v) is 13.1. The normalized spacial score (nSPS) is 12.6. The summed E-state index contributed by atoms with van der Waals surface area (Å²) in [5.74, 6) is 0. The fraction of sp³-hybridized carbons (Fsp3) is 0.133. The fourth-order valence-electron chi connectivity index (χ4n) is 2.14. The van der Waals surface area contributed by atoms with Crippen molar-refractivity contribution in [2.45, 2.75) is 13.0 Å². The molecule has 0 saturated carbocycles. The Kier molecular flexibility index (Phi) is 3.83. The molecular formula is C15H12Cl2N2S. The molecule has 2 aromatic heterocycles. The summed E-state index contributed by atoms with van der Waals surface area (Å²) in [6, 6.07) is 12.1.